The average Bonchev–Trinajstić information content (AvgIpc) is 2.83. The number of hydrogen-bond acceptors (Lipinski definition) is 4. The molecule has 0 fully saturated rings. The molecule has 4 heteroatoms. The van der Waals surface area contributed by atoms with Gasteiger partial charge in [0, 0.05) is 23.0 Å². The van der Waals surface area contributed by atoms with Gasteiger partial charge in [0.05, 0.1) is 11.6 Å². The molecule has 0 aliphatic rings. The number of aromatic nitrogens is 1. The van der Waals surface area contributed by atoms with Crippen molar-refractivity contribution < 1.29 is 4.74 Å². The van der Waals surface area contributed by atoms with E-state index in [0.29, 0.717) is 6.61 Å². The number of nitrogens with two attached hydrogens (primary N) is 1. The monoisotopic (exact) mass is 290 g/mol. The number of nitrogens with zero attached hydrogens (tertiary/aromatic N) is 1. The number of hydrogen-bond donors (Lipinski definition) is 1. The van der Waals surface area contributed by atoms with E-state index in [0.717, 1.165) is 22.1 Å². The molecule has 0 bridgehead atoms. The number of rotatable bonds is 5. The Balaban J connectivity index is 1.93. The van der Waals surface area contributed by atoms with Crippen molar-refractivity contribution >= 4 is 11.3 Å². The molecule has 2 rings (SSSR count). The van der Waals surface area contributed by atoms with E-state index in [1.807, 2.05) is 32.2 Å². The van der Waals surface area contributed by atoms with Crippen LogP contribution in [-0.4, -0.2) is 11.6 Å². The van der Waals surface area contributed by atoms with Gasteiger partial charge in [-0.05, 0) is 44.9 Å². The molecular weight excluding hydrogens is 268 g/mol. The van der Waals surface area contributed by atoms with E-state index in [1.165, 1.54) is 11.1 Å². The minimum atomic E-state index is -0.316. The lowest BCUT2D eigenvalue weighted by Crippen LogP contribution is -2.27. The maximum atomic E-state index is 6.07. The third-order valence-corrected chi connectivity index (χ3v) is 4.71. The molecule has 1 aromatic carbocycles. The van der Waals surface area contributed by atoms with Gasteiger partial charge in [-0.1, -0.05) is 12.1 Å². The molecule has 3 nitrogen and oxygen atoms in total. The molecule has 2 N–H and O–H groups in total. The fourth-order valence-electron chi connectivity index (χ4n) is 1.85. The Morgan fingerprint density at radius 2 is 2.05 bits per heavy atom. The van der Waals surface area contributed by atoms with E-state index in [1.54, 1.807) is 11.3 Å². The molecule has 0 saturated heterocycles. The number of thiazole rings is 1. The average molecular weight is 290 g/mol. The summed E-state index contributed by atoms with van der Waals surface area (Å²) in [4.78, 5) is 5.52. The van der Waals surface area contributed by atoms with Crippen molar-refractivity contribution in [3.05, 3.63) is 45.4 Å². The van der Waals surface area contributed by atoms with Gasteiger partial charge in [-0.15, -0.1) is 11.3 Å². The quantitative estimate of drug-likeness (QED) is 0.915. The Kier molecular flexibility index (Phi) is 4.45. The molecule has 0 amide bonds. The first-order valence-corrected chi connectivity index (χ1v) is 7.62. The first kappa shape index (κ1) is 15.0. The zero-order valence-corrected chi connectivity index (χ0v) is 13.4. The zero-order chi connectivity index (χ0) is 14.8. The molecule has 0 saturated carbocycles. The molecule has 0 aliphatic carbocycles. The summed E-state index contributed by atoms with van der Waals surface area (Å²) in [5, 5.41) is 1.07. The second-order valence-electron chi connectivity index (χ2n) is 5.64. The molecular formula is C16H22N2OS. The number of aryl methyl sites for hydroxylation is 1. The summed E-state index contributed by atoms with van der Waals surface area (Å²) < 4.78 is 5.85. The van der Waals surface area contributed by atoms with Gasteiger partial charge >= 0.3 is 0 Å². The van der Waals surface area contributed by atoms with Crippen molar-refractivity contribution in [1.29, 1.82) is 0 Å². The molecule has 0 unspecified atom stereocenters. The second-order valence-corrected chi connectivity index (χ2v) is 6.75. The largest absolute Gasteiger partial charge is 0.493 e. The summed E-state index contributed by atoms with van der Waals surface area (Å²) in [7, 11) is 0. The van der Waals surface area contributed by atoms with Gasteiger partial charge in [0.1, 0.15) is 5.75 Å². The van der Waals surface area contributed by atoms with E-state index >= 15 is 0 Å². The zero-order valence-electron chi connectivity index (χ0n) is 12.6. The van der Waals surface area contributed by atoms with Crippen LogP contribution in [0.1, 0.15) is 34.9 Å². The summed E-state index contributed by atoms with van der Waals surface area (Å²) >= 11 is 1.67. The van der Waals surface area contributed by atoms with E-state index in [2.05, 4.69) is 24.9 Å². The predicted molar refractivity (Wildman–Crippen MR) is 84.4 cm³/mol. The molecule has 108 valence electrons. The van der Waals surface area contributed by atoms with Crippen LogP contribution in [0.4, 0.5) is 0 Å². The highest BCUT2D eigenvalue weighted by atomic mass is 32.1. The van der Waals surface area contributed by atoms with E-state index in [-0.39, 0.29) is 5.54 Å². The van der Waals surface area contributed by atoms with E-state index in [9.17, 15) is 0 Å². The lowest BCUT2D eigenvalue weighted by Gasteiger charge is -2.14. The van der Waals surface area contributed by atoms with Gasteiger partial charge in [0.15, 0.2) is 0 Å². The highest BCUT2D eigenvalue weighted by molar-refractivity contribution is 7.11. The van der Waals surface area contributed by atoms with Crippen molar-refractivity contribution in [2.75, 3.05) is 6.61 Å². The third kappa shape index (κ3) is 3.58. The Bertz CT molecular complexity index is 584. The Morgan fingerprint density at radius 3 is 2.70 bits per heavy atom. The van der Waals surface area contributed by atoms with Gasteiger partial charge in [-0.25, -0.2) is 4.98 Å². The van der Waals surface area contributed by atoms with Gasteiger partial charge in [-0.2, -0.15) is 0 Å². The van der Waals surface area contributed by atoms with Gasteiger partial charge in [0.2, 0.25) is 0 Å². The van der Waals surface area contributed by atoms with Crippen LogP contribution in [-0.2, 0) is 12.0 Å². The van der Waals surface area contributed by atoms with Gasteiger partial charge < -0.3 is 10.5 Å². The normalized spacial score (nSPS) is 11.7. The fraction of sp³-hybridized carbons (Fsp3) is 0.438. The maximum Gasteiger partial charge on any atom is 0.122 e. The second kappa shape index (κ2) is 5.94. The van der Waals surface area contributed by atoms with Crippen LogP contribution in [0, 0.1) is 13.8 Å². The summed E-state index contributed by atoms with van der Waals surface area (Å²) in [5.41, 5.74) is 8.21. The first-order valence-electron chi connectivity index (χ1n) is 6.81. The minimum absolute atomic E-state index is 0.316. The first-order chi connectivity index (χ1) is 9.38. The summed E-state index contributed by atoms with van der Waals surface area (Å²) in [6.07, 6.45) is 2.69. The maximum absolute atomic E-state index is 6.07. The van der Waals surface area contributed by atoms with Crippen LogP contribution in [0.25, 0.3) is 0 Å². The van der Waals surface area contributed by atoms with Gasteiger partial charge in [-0.3, -0.25) is 0 Å². The summed E-state index contributed by atoms with van der Waals surface area (Å²) in [5.74, 6) is 0.959. The fourth-order valence-corrected chi connectivity index (χ4v) is 2.77. The van der Waals surface area contributed by atoms with Crippen LogP contribution in [0.2, 0.25) is 0 Å². The molecule has 20 heavy (non-hydrogen) atoms. The topological polar surface area (TPSA) is 48.1 Å². The van der Waals surface area contributed by atoms with Crippen LogP contribution in [0.15, 0.2) is 24.4 Å². The molecule has 2 aromatic rings. The van der Waals surface area contributed by atoms with Gasteiger partial charge in [0.25, 0.3) is 0 Å². The van der Waals surface area contributed by atoms with Crippen molar-refractivity contribution in [1.82, 2.24) is 4.98 Å². The molecule has 0 radical (unpaired) electrons. The van der Waals surface area contributed by atoms with Crippen molar-refractivity contribution in [2.24, 2.45) is 5.73 Å². The number of ether oxygens (including phenoxy) is 1. The minimum Gasteiger partial charge on any atom is -0.493 e. The Morgan fingerprint density at radius 1 is 1.30 bits per heavy atom. The van der Waals surface area contributed by atoms with Crippen LogP contribution < -0.4 is 10.5 Å². The smallest absolute Gasteiger partial charge is 0.122 e. The van der Waals surface area contributed by atoms with Crippen molar-refractivity contribution in [3.63, 3.8) is 0 Å². The SMILES string of the molecule is Cc1cccc(OCCc2ncc(C(C)(C)N)s2)c1C. The highest BCUT2D eigenvalue weighted by Gasteiger charge is 2.17. The Hall–Kier alpha value is -1.39. The van der Waals surface area contributed by atoms with Crippen LogP contribution >= 0.6 is 11.3 Å². The Labute approximate surface area is 124 Å². The highest BCUT2D eigenvalue weighted by Crippen LogP contribution is 2.24. The molecule has 0 aliphatic heterocycles. The summed E-state index contributed by atoms with van der Waals surface area (Å²) in [6, 6.07) is 6.13. The molecule has 0 spiro atoms. The lowest BCUT2D eigenvalue weighted by atomic mass is 10.1. The summed E-state index contributed by atoms with van der Waals surface area (Å²) in [6.45, 7) is 8.82. The lowest BCUT2D eigenvalue weighted by molar-refractivity contribution is 0.319. The third-order valence-electron chi connectivity index (χ3n) is 3.32. The number of benzene rings is 1. The molecule has 1 aromatic heterocycles. The van der Waals surface area contributed by atoms with Crippen molar-refractivity contribution in [2.45, 2.75) is 39.7 Å². The van der Waals surface area contributed by atoms with E-state index < -0.39 is 0 Å². The van der Waals surface area contributed by atoms with Crippen molar-refractivity contribution in [3.8, 4) is 5.75 Å². The predicted octanol–water partition coefficient (Wildman–Crippen LogP) is 3.58. The van der Waals surface area contributed by atoms with Crippen LogP contribution in [0.3, 0.4) is 0 Å². The van der Waals surface area contributed by atoms with Crippen LogP contribution in [0.5, 0.6) is 5.75 Å². The van der Waals surface area contributed by atoms with E-state index in [4.69, 9.17) is 10.5 Å². The standard InChI is InChI=1S/C16H22N2OS/c1-11-6-5-7-13(12(11)2)19-9-8-15-18-10-14(20-15)16(3,4)17/h5-7,10H,8-9,17H2,1-4H3. The molecule has 1 heterocycles. The molecule has 0 atom stereocenters.